The van der Waals surface area contributed by atoms with E-state index in [-0.39, 0.29) is 23.0 Å². The first kappa shape index (κ1) is 26.2. The van der Waals surface area contributed by atoms with E-state index in [2.05, 4.69) is 10.3 Å². The number of nitrogens with zero attached hydrogens (tertiary/aromatic N) is 1. The molecule has 0 aliphatic rings. The number of para-hydroxylation sites is 1. The number of halogens is 7. The van der Waals surface area contributed by atoms with Gasteiger partial charge < -0.3 is 5.32 Å². The van der Waals surface area contributed by atoms with E-state index >= 15 is 0 Å². The minimum atomic E-state index is -4.62. The van der Waals surface area contributed by atoms with E-state index in [0.29, 0.717) is 28.4 Å². The number of rotatable bonds is 5. The van der Waals surface area contributed by atoms with Crippen LogP contribution < -0.4 is 5.32 Å². The summed E-state index contributed by atoms with van der Waals surface area (Å²) in [4.78, 5) is 4.18. The number of nitrogens with one attached hydrogen (secondary N) is 1. The molecule has 0 saturated carbocycles. The number of hydrogen-bond acceptors (Lipinski definition) is 2. The van der Waals surface area contributed by atoms with Crippen LogP contribution in [0.2, 0.25) is 0 Å². The molecule has 0 aliphatic heterocycles. The van der Waals surface area contributed by atoms with Gasteiger partial charge in [0.2, 0.25) is 0 Å². The van der Waals surface area contributed by atoms with Crippen molar-refractivity contribution in [2.45, 2.75) is 18.9 Å². The van der Waals surface area contributed by atoms with Crippen molar-refractivity contribution >= 4 is 16.6 Å². The fraction of sp³-hybridized carbons (Fsp3) is 0.100. The zero-order valence-electron chi connectivity index (χ0n) is 20.0. The zero-order chi connectivity index (χ0) is 27.8. The molecule has 1 aromatic heterocycles. The normalized spacial score (nSPS) is 12.1. The van der Waals surface area contributed by atoms with Crippen molar-refractivity contribution in [3.05, 3.63) is 120 Å². The minimum Gasteiger partial charge on any atom is -0.381 e. The molecule has 1 heterocycles. The summed E-state index contributed by atoms with van der Waals surface area (Å²) in [6.07, 6.45) is -7.83. The van der Waals surface area contributed by atoms with Gasteiger partial charge in [0.15, 0.2) is 0 Å². The summed E-state index contributed by atoms with van der Waals surface area (Å²) in [5.74, 6) is -0.794. The number of hydrogen-bond donors (Lipinski definition) is 1. The highest BCUT2D eigenvalue weighted by molar-refractivity contribution is 6.03. The Hall–Kier alpha value is -4.40. The molecule has 2 nitrogen and oxygen atoms in total. The highest BCUT2D eigenvalue weighted by Gasteiger charge is 2.34. The average molecular weight is 540 g/mol. The molecule has 5 rings (SSSR count). The van der Waals surface area contributed by atoms with Crippen molar-refractivity contribution in [2.75, 3.05) is 5.32 Å². The maximum atomic E-state index is 14.2. The summed E-state index contributed by atoms with van der Waals surface area (Å²) >= 11 is 0. The molecule has 4 aromatic carbocycles. The van der Waals surface area contributed by atoms with Crippen molar-refractivity contribution in [3.8, 4) is 22.3 Å². The molecule has 0 atom stereocenters. The summed E-state index contributed by atoms with van der Waals surface area (Å²) in [7, 11) is 0. The Morgan fingerprint density at radius 1 is 0.692 bits per heavy atom. The SMILES string of the molecule is Fc1ccc(C(F)(F)F)cc1CNc1cccc(-c2c(-c3ccccc3)cnc3c(C(F)(F)F)cccc23)c1. The van der Waals surface area contributed by atoms with Crippen LogP contribution in [0.4, 0.5) is 36.4 Å². The molecule has 0 saturated heterocycles. The molecule has 39 heavy (non-hydrogen) atoms. The van der Waals surface area contributed by atoms with Gasteiger partial charge in [-0.05, 0) is 47.5 Å². The molecular formula is C30H19F7N2. The molecule has 9 heteroatoms. The van der Waals surface area contributed by atoms with E-state index in [4.69, 9.17) is 0 Å². The molecule has 0 bridgehead atoms. The third-order valence-corrected chi connectivity index (χ3v) is 6.29. The molecule has 0 aliphatic carbocycles. The highest BCUT2D eigenvalue weighted by atomic mass is 19.4. The third-order valence-electron chi connectivity index (χ3n) is 6.29. The topological polar surface area (TPSA) is 24.9 Å². The van der Waals surface area contributed by atoms with Gasteiger partial charge >= 0.3 is 12.4 Å². The molecular weight excluding hydrogens is 521 g/mol. The Labute approximate surface area is 218 Å². The lowest BCUT2D eigenvalue weighted by Gasteiger charge is -2.17. The number of alkyl halides is 6. The Morgan fingerprint density at radius 2 is 1.41 bits per heavy atom. The van der Waals surface area contributed by atoms with E-state index in [1.807, 2.05) is 18.2 Å². The summed E-state index contributed by atoms with van der Waals surface area (Å²) in [6.45, 7) is -0.236. The first-order valence-corrected chi connectivity index (χ1v) is 11.8. The molecule has 198 valence electrons. The lowest BCUT2D eigenvalue weighted by atomic mass is 9.91. The molecule has 0 spiro atoms. The van der Waals surface area contributed by atoms with Gasteiger partial charge in [0.1, 0.15) is 5.82 Å². The van der Waals surface area contributed by atoms with Crippen molar-refractivity contribution in [1.29, 1.82) is 0 Å². The van der Waals surface area contributed by atoms with E-state index in [0.717, 1.165) is 23.8 Å². The van der Waals surface area contributed by atoms with Crippen LogP contribution in [0.5, 0.6) is 0 Å². The summed E-state index contributed by atoms with van der Waals surface area (Å²) in [5.41, 5.74) is 0.628. The first-order chi connectivity index (χ1) is 18.5. The number of benzene rings is 4. The molecule has 1 N–H and O–H groups in total. The van der Waals surface area contributed by atoms with Crippen molar-refractivity contribution in [3.63, 3.8) is 0 Å². The van der Waals surface area contributed by atoms with Gasteiger partial charge in [0, 0.05) is 40.5 Å². The Balaban J connectivity index is 1.60. The van der Waals surface area contributed by atoms with Crippen LogP contribution in [0, 0.1) is 5.82 Å². The molecule has 0 unspecified atom stereocenters. The van der Waals surface area contributed by atoms with Crippen LogP contribution in [-0.2, 0) is 18.9 Å². The lowest BCUT2D eigenvalue weighted by molar-refractivity contribution is -0.138. The van der Waals surface area contributed by atoms with E-state index in [1.54, 1.807) is 42.5 Å². The largest absolute Gasteiger partial charge is 0.418 e. The predicted octanol–water partition coefficient (Wildman–Crippen LogP) is 9.36. The zero-order valence-corrected chi connectivity index (χ0v) is 20.0. The van der Waals surface area contributed by atoms with E-state index in [1.165, 1.54) is 12.3 Å². The number of fused-ring (bicyclic) bond motifs is 1. The van der Waals surface area contributed by atoms with Crippen LogP contribution in [-0.4, -0.2) is 4.98 Å². The smallest absolute Gasteiger partial charge is 0.381 e. The highest BCUT2D eigenvalue weighted by Crippen LogP contribution is 2.42. The van der Waals surface area contributed by atoms with Crippen LogP contribution in [0.25, 0.3) is 33.2 Å². The van der Waals surface area contributed by atoms with Crippen LogP contribution >= 0.6 is 0 Å². The van der Waals surface area contributed by atoms with Gasteiger partial charge in [0.05, 0.1) is 16.6 Å². The van der Waals surface area contributed by atoms with E-state index < -0.39 is 29.3 Å². The van der Waals surface area contributed by atoms with Gasteiger partial charge in [-0.15, -0.1) is 0 Å². The van der Waals surface area contributed by atoms with Crippen LogP contribution in [0.1, 0.15) is 16.7 Å². The standard InChI is InChI=1S/C30H19F7N2/c31-26-13-12-21(29(32,33)34)14-20(26)16-38-22-9-4-8-19(15-22)27-23-10-5-11-25(30(35,36)37)28(23)39-17-24(27)18-6-2-1-3-7-18/h1-15,17,38H,16H2. The lowest BCUT2D eigenvalue weighted by Crippen LogP contribution is -2.08. The monoisotopic (exact) mass is 540 g/mol. The van der Waals surface area contributed by atoms with Gasteiger partial charge in [0.25, 0.3) is 0 Å². The Bertz CT molecular complexity index is 1640. The second-order valence-electron chi connectivity index (χ2n) is 8.85. The summed E-state index contributed by atoms with van der Waals surface area (Å²) in [5, 5.41) is 3.22. The Kier molecular flexibility index (Phi) is 6.76. The Morgan fingerprint density at radius 3 is 2.13 bits per heavy atom. The summed E-state index contributed by atoms with van der Waals surface area (Å²) in [6, 6.07) is 21.8. The van der Waals surface area contributed by atoms with Gasteiger partial charge in [-0.3, -0.25) is 4.98 Å². The molecule has 5 aromatic rings. The average Bonchev–Trinajstić information content (AvgIpc) is 2.91. The van der Waals surface area contributed by atoms with Crippen LogP contribution in [0.3, 0.4) is 0 Å². The predicted molar refractivity (Wildman–Crippen MR) is 136 cm³/mol. The molecule has 0 amide bonds. The van der Waals surface area contributed by atoms with Gasteiger partial charge in [-0.2, -0.15) is 26.3 Å². The van der Waals surface area contributed by atoms with Crippen molar-refractivity contribution in [2.24, 2.45) is 0 Å². The number of anilines is 1. The maximum Gasteiger partial charge on any atom is 0.418 e. The fourth-order valence-corrected chi connectivity index (χ4v) is 4.47. The minimum absolute atomic E-state index is 0.176. The molecule has 0 radical (unpaired) electrons. The first-order valence-electron chi connectivity index (χ1n) is 11.8. The van der Waals surface area contributed by atoms with Crippen LogP contribution in [0.15, 0.2) is 97.2 Å². The van der Waals surface area contributed by atoms with Gasteiger partial charge in [-0.1, -0.05) is 54.6 Å². The second-order valence-corrected chi connectivity index (χ2v) is 8.85. The number of aromatic nitrogens is 1. The number of pyridine rings is 1. The van der Waals surface area contributed by atoms with Crippen molar-refractivity contribution in [1.82, 2.24) is 4.98 Å². The van der Waals surface area contributed by atoms with E-state index in [9.17, 15) is 30.7 Å². The molecule has 0 fully saturated rings. The second kappa shape index (κ2) is 10.1. The maximum absolute atomic E-state index is 14.2. The fourth-order valence-electron chi connectivity index (χ4n) is 4.47. The third kappa shape index (κ3) is 5.43. The summed E-state index contributed by atoms with van der Waals surface area (Å²) < 4.78 is 94.9. The van der Waals surface area contributed by atoms with Crippen molar-refractivity contribution < 1.29 is 30.7 Å². The quantitative estimate of drug-likeness (QED) is 0.225. The van der Waals surface area contributed by atoms with Gasteiger partial charge in [-0.25, -0.2) is 4.39 Å².